The van der Waals surface area contributed by atoms with Crippen LogP contribution >= 0.6 is 0 Å². The highest BCUT2D eigenvalue weighted by Crippen LogP contribution is 2.32. The lowest BCUT2D eigenvalue weighted by molar-refractivity contribution is 0.174. The third kappa shape index (κ3) is 2.05. The molecule has 7 nitrogen and oxygen atoms in total. The number of aromatic amines is 1. The fourth-order valence-corrected chi connectivity index (χ4v) is 1.88. The zero-order valence-corrected chi connectivity index (χ0v) is 9.75. The highest BCUT2D eigenvalue weighted by molar-refractivity contribution is 5.44. The van der Waals surface area contributed by atoms with Crippen molar-refractivity contribution in [3.8, 4) is 17.4 Å². The van der Waals surface area contributed by atoms with E-state index in [0.717, 1.165) is 16.2 Å². The van der Waals surface area contributed by atoms with Gasteiger partial charge in [0.25, 0.3) is 5.56 Å². The highest BCUT2D eigenvalue weighted by atomic mass is 16.7. The van der Waals surface area contributed by atoms with Crippen LogP contribution in [0.15, 0.2) is 33.9 Å². The molecule has 3 rings (SSSR count). The number of ether oxygens (including phenoxy) is 2. The minimum atomic E-state index is -0.664. The van der Waals surface area contributed by atoms with Crippen molar-refractivity contribution >= 4 is 0 Å². The lowest BCUT2D eigenvalue weighted by atomic mass is 10.2. The van der Waals surface area contributed by atoms with E-state index in [-0.39, 0.29) is 19.2 Å². The summed E-state index contributed by atoms with van der Waals surface area (Å²) in [5, 5.41) is 9.61. The SMILES string of the molecule is O=c1cc(O)n(Cc2ccc3c(c2)OCO3)c(=O)[nH]1. The normalized spacial score (nSPS) is 12.6. The first-order valence-corrected chi connectivity index (χ1v) is 5.55. The fraction of sp³-hybridized carbons (Fsp3) is 0.167. The molecule has 0 saturated carbocycles. The van der Waals surface area contributed by atoms with Crippen molar-refractivity contribution in [3.63, 3.8) is 0 Å². The second-order valence-corrected chi connectivity index (χ2v) is 4.07. The molecule has 0 fully saturated rings. The van der Waals surface area contributed by atoms with Crippen molar-refractivity contribution in [3.05, 3.63) is 50.7 Å². The Morgan fingerprint density at radius 2 is 2.00 bits per heavy atom. The van der Waals surface area contributed by atoms with E-state index in [1.807, 2.05) is 0 Å². The van der Waals surface area contributed by atoms with E-state index in [2.05, 4.69) is 4.98 Å². The van der Waals surface area contributed by atoms with Crippen molar-refractivity contribution in [2.75, 3.05) is 6.79 Å². The first kappa shape index (κ1) is 11.4. The predicted molar refractivity (Wildman–Crippen MR) is 64.7 cm³/mol. The molecule has 0 bridgehead atoms. The largest absolute Gasteiger partial charge is 0.494 e. The van der Waals surface area contributed by atoms with Crippen LogP contribution in [0.5, 0.6) is 17.4 Å². The van der Waals surface area contributed by atoms with Gasteiger partial charge in [-0.2, -0.15) is 0 Å². The van der Waals surface area contributed by atoms with Gasteiger partial charge in [0.15, 0.2) is 11.5 Å². The van der Waals surface area contributed by atoms with Crippen LogP contribution in [0, 0.1) is 0 Å². The third-order valence-corrected chi connectivity index (χ3v) is 2.79. The van der Waals surface area contributed by atoms with Crippen LogP contribution < -0.4 is 20.7 Å². The number of rotatable bonds is 2. The van der Waals surface area contributed by atoms with Gasteiger partial charge in [-0.05, 0) is 17.7 Å². The quantitative estimate of drug-likeness (QED) is 0.795. The van der Waals surface area contributed by atoms with Gasteiger partial charge in [0.05, 0.1) is 12.6 Å². The summed E-state index contributed by atoms with van der Waals surface area (Å²) in [6.45, 7) is 0.292. The smallest absolute Gasteiger partial charge is 0.331 e. The summed E-state index contributed by atoms with van der Waals surface area (Å²) in [7, 11) is 0. The van der Waals surface area contributed by atoms with E-state index in [4.69, 9.17) is 9.47 Å². The molecule has 1 aliphatic rings. The number of benzene rings is 1. The number of nitrogens with one attached hydrogen (secondary N) is 1. The Labute approximate surface area is 106 Å². The van der Waals surface area contributed by atoms with Gasteiger partial charge in [0, 0.05) is 0 Å². The molecule has 1 aromatic heterocycles. The molecule has 0 amide bonds. The van der Waals surface area contributed by atoms with E-state index in [9.17, 15) is 14.7 Å². The first-order chi connectivity index (χ1) is 9.13. The maximum absolute atomic E-state index is 11.6. The molecule has 2 aromatic rings. The topological polar surface area (TPSA) is 93.5 Å². The number of nitrogens with zero attached hydrogens (tertiary/aromatic N) is 1. The summed E-state index contributed by atoms with van der Waals surface area (Å²) in [5.74, 6) is 0.850. The maximum Gasteiger partial charge on any atom is 0.331 e. The second kappa shape index (κ2) is 4.20. The number of fused-ring (bicyclic) bond motifs is 1. The monoisotopic (exact) mass is 262 g/mol. The van der Waals surface area contributed by atoms with Crippen LogP contribution in [0.4, 0.5) is 0 Å². The minimum Gasteiger partial charge on any atom is -0.494 e. The Morgan fingerprint density at radius 3 is 2.79 bits per heavy atom. The lowest BCUT2D eigenvalue weighted by Crippen LogP contribution is -2.29. The average Bonchev–Trinajstić information content (AvgIpc) is 2.81. The molecule has 0 spiro atoms. The number of hydrogen-bond acceptors (Lipinski definition) is 5. The lowest BCUT2D eigenvalue weighted by Gasteiger charge is -2.07. The van der Waals surface area contributed by atoms with Gasteiger partial charge in [-0.15, -0.1) is 0 Å². The summed E-state index contributed by atoms with van der Waals surface area (Å²) in [4.78, 5) is 24.7. The van der Waals surface area contributed by atoms with Gasteiger partial charge in [0.1, 0.15) is 0 Å². The molecule has 0 atom stereocenters. The van der Waals surface area contributed by atoms with Crippen molar-refractivity contribution in [1.29, 1.82) is 0 Å². The average molecular weight is 262 g/mol. The number of H-pyrrole nitrogens is 1. The molecule has 1 aromatic carbocycles. The van der Waals surface area contributed by atoms with E-state index >= 15 is 0 Å². The first-order valence-electron chi connectivity index (χ1n) is 5.55. The number of aromatic hydroxyl groups is 1. The Hall–Kier alpha value is -2.70. The van der Waals surface area contributed by atoms with E-state index in [0.29, 0.717) is 11.5 Å². The van der Waals surface area contributed by atoms with Crippen LogP contribution in [0.3, 0.4) is 0 Å². The molecule has 98 valence electrons. The molecule has 0 aliphatic carbocycles. The van der Waals surface area contributed by atoms with Crippen LogP contribution in [-0.2, 0) is 6.54 Å². The summed E-state index contributed by atoms with van der Waals surface area (Å²) in [6, 6.07) is 6.16. The summed E-state index contributed by atoms with van der Waals surface area (Å²) >= 11 is 0. The van der Waals surface area contributed by atoms with Crippen LogP contribution in [-0.4, -0.2) is 21.5 Å². The summed E-state index contributed by atoms with van der Waals surface area (Å²) < 4.78 is 11.5. The summed E-state index contributed by atoms with van der Waals surface area (Å²) in [6.07, 6.45) is 0. The van der Waals surface area contributed by atoms with Crippen molar-refractivity contribution < 1.29 is 14.6 Å². The van der Waals surface area contributed by atoms with Crippen LogP contribution in [0.2, 0.25) is 0 Å². The Kier molecular flexibility index (Phi) is 2.52. The van der Waals surface area contributed by atoms with Crippen molar-refractivity contribution in [2.45, 2.75) is 6.54 Å². The predicted octanol–water partition coefficient (Wildman–Crippen LogP) is 0.0192. The maximum atomic E-state index is 11.6. The van der Waals surface area contributed by atoms with Crippen molar-refractivity contribution in [1.82, 2.24) is 9.55 Å². The molecule has 0 radical (unpaired) electrons. The molecular formula is C12H10N2O5. The van der Waals surface area contributed by atoms with Gasteiger partial charge in [-0.3, -0.25) is 14.3 Å². The van der Waals surface area contributed by atoms with E-state index in [1.165, 1.54) is 0 Å². The zero-order chi connectivity index (χ0) is 13.4. The fourth-order valence-electron chi connectivity index (χ4n) is 1.88. The van der Waals surface area contributed by atoms with Gasteiger partial charge in [-0.25, -0.2) is 4.79 Å². The number of hydrogen-bond donors (Lipinski definition) is 2. The van der Waals surface area contributed by atoms with Gasteiger partial charge >= 0.3 is 5.69 Å². The van der Waals surface area contributed by atoms with Gasteiger partial charge < -0.3 is 14.6 Å². The Morgan fingerprint density at radius 1 is 1.21 bits per heavy atom. The molecule has 0 saturated heterocycles. The second-order valence-electron chi connectivity index (χ2n) is 4.07. The summed E-state index contributed by atoms with van der Waals surface area (Å²) in [5.41, 5.74) is -0.555. The zero-order valence-electron chi connectivity index (χ0n) is 9.75. The van der Waals surface area contributed by atoms with Crippen LogP contribution in [0.1, 0.15) is 5.56 Å². The highest BCUT2D eigenvalue weighted by Gasteiger charge is 2.14. The van der Waals surface area contributed by atoms with E-state index < -0.39 is 11.2 Å². The molecule has 2 N–H and O–H groups in total. The third-order valence-electron chi connectivity index (χ3n) is 2.79. The molecule has 0 unspecified atom stereocenters. The molecular weight excluding hydrogens is 252 g/mol. The number of aromatic nitrogens is 2. The van der Waals surface area contributed by atoms with Crippen LogP contribution in [0.25, 0.3) is 0 Å². The Balaban J connectivity index is 1.98. The van der Waals surface area contributed by atoms with Gasteiger partial charge in [-0.1, -0.05) is 6.07 Å². The minimum absolute atomic E-state index is 0.123. The van der Waals surface area contributed by atoms with Gasteiger partial charge in [0.2, 0.25) is 12.7 Å². The molecule has 19 heavy (non-hydrogen) atoms. The van der Waals surface area contributed by atoms with E-state index in [1.54, 1.807) is 18.2 Å². The standard InChI is InChI=1S/C12H10N2O5/c15-10-4-11(16)14(12(17)13-10)5-7-1-2-8-9(3-7)19-6-18-8/h1-4,16H,5-6H2,(H,13,15,17). The molecule has 7 heteroatoms. The Bertz CT molecular complexity index is 747. The van der Waals surface area contributed by atoms with Crippen molar-refractivity contribution in [2.24, 2.45) is 0 Å². The molecule has 1 aliphatic heterocycles. The molecule has 2 heterocycles.